The molecule has 52 heavy (non-hydrogen) atoms. The van der Waals surface area contributed by atoms with Gasteiger partial charge in [0.25, 0.3) is 5.91 Å². The van der Waals surface area contributed by atoms with Gasteiger partial charge in [-0.05, 0) is 92.8 Å². The molecule has 2 aromatic carbocycles. The maximum atomic E-state index is 13.0. The van der Waals surface area contributed by atoms with Gasteiger partial charge >= 0.3 is 0 Å². The zero-order valence-corrected chi connectivity index (χ0v) is 30.1. The highest BCUT2D eigenvalue weighted by Crippen LogP contribution is 2.29. The van der Waals surface area contributed by atoms with E-state index in [2.05, 4.69) is 53.7 Å². The summed E-state index contributed by atoms with van der Waals surface area (Å²) in [4.78, 5) is 44.0. The van der Waals surface area contributed by atoms with Crippen molar-refractivity contribution in [1.29, 1.82) is 5.26 Å². The summed E-state index contributed by atoms with van der Waals surface area (Å²) in [5.41, 5.74) is 2.90. The van der Waals surface area contributed by atoms with E-state index in [0.717, 1.165) is 95.7 Å². The molecule has 12 nitrogen and oxygen atoms in total. The van der Waals surface area contributed by atoms with Gasteiger partial charge in [-0.25, -0.2) is 0 Å². The van der Waals surface area contributed by atoms with E-state index < -0.39 is 0 Å². The summed E-state index contributed by atoms with van der Waals surface area (Å²) < 4.78 is 6.08. The van der Waals surface area contributed by atoms with Crippen LogP contribution >= 0.6 is 11.6 Å². The number of hydrogen-bond acceptors (Lipinski definition) is 10. The first kappa shape index (κ1) is 35.7. The lowest BCUT2D eigenvalue weighted by Gasteiger charge is -2.39. The van der Waals surface area contributed by atoms with Crippen LogP contribution in [-0.2, 0) is 9.59 Å². The van der Waals surface area contributed by atoms with Crippen molar-refractivity contribution in [3.05, 3.63) is 76.4 Å². The lowest BCUT2D eigenvalue weighted by atomic mass is 9.90. The molecule has 3 amide bonds. The Labute approximate surface area is 309 Å². The predicted molar refractivity (Wildman–Crippen MR) is 197 cm³/mol. The number of hydrogen-bond donors (Lipinski definition) is 2. The summed E-state index contributed by atoms with van der Waals surface area (Å²) in [5, 5.41) is 23.7. The minimum atomic E-state index is -0.249. The van der Waals surface area contributed by atoms with Gasteiger partial charge in [0.2, 0.25) is 11.8 Å². The van der Waals surface area contributed by atoms with Crippen molar-refractivity contribution in [3.63, 3.8) is 0 Å². The molecule has 4 heterocycles. The quantitative estimate of drug-likeness (QED) is 0.299. The Bertz CT molecular complexity index is 1780. The molecule has 1 unspecified atom stereocenters. The second-order valence-corrected chi connectivity index (χ2v) is 14.8. The Morgan fingerprint density at radius 1 is 0.885 bits per heavy atom. The second kappa shape index (κ2) is 16.3. The monoisotopic (exact) mass is 724 g/mol. The highest BCUT2D eigenvalue weighted by Gasteiger charge is 2.29. The number of piperidine rings is 2. The minimum Gasteiger partial charge on any atom is -0.490 e. The van der Waals surface area contributed by atoms with Gasteiger partial charge in [-0.3, -0.25) is 24.6 Å². The molecule has 4 fully saturated rings. The van der Waals surface area contributed by atoms with Crippen LogP contribution < -0.4 is 25.2 Å². The van der Waals surface area contributed by atoms with Gasteiger partial charge in [0.1, 0.15) is 11.8 Å². The average molecular weight is 725 g/mol. The molecule has 1 aromatic heterocycles. The van der Waals surface area contributed by atoms with Crippen molar-refractivity contribution in [1.82, 2.24) is 25.7 Å². The Morgan fingerprint density at radius 2 is 1.63 bits per heavy atom. The fourth-order valence-corrected chi connectivity index (χ4v) is 8.09. The maximum absolute atomic E-state index is 13.0. The zero-order chi connectivity index (χ0) is 36.0. The Hall–Kier alpha value is -4.73. The van der Waals surface area contributed by atoms with Crippen LogP contribution in [0.5, 0.6) is 5.75 Å². The smallest absolute Gasteiger partial charge is 0.272 e. The van der Waals surface area contributed by atoms with Crippen LogP contribution in [0.4, 0.5) is 11.5 Å². The van der Waals surface area contributed by atoms with E-state index >= 15 is 0 Å². The first-order chi connectivity index (χ1) is 25.3. The van der Waals surface area contributed by atoms with E-state index in [1.165, 1.54) is 5.69 Å². The van der Waals surface area contributed by atoms with E-state index in [1.54, 1.807) is 24.3 Å². The summed E-state index contributed by atoms with van der Waals surface area (Å²) in [7, 11) is 0. The standard InChI is InChI=1S/C39H45ClN8O4/c40-34-23-32(8-3-28(34)24-41)52-31-9-4-29(5-10-31)42-39(51)35-12-13-36(45-44-35)48-17-15-26(16-18-48)25-46-19-21-47(22-20-46)30-6-1-27(2-7-30)33-11-14-37(49)43-38(33)50/h1-3,6-8,12-13,23,26,29,31,33H,4-5,9-11,14-22,25H2,(H,42,51)(H,43,49,50). The first-order valence-electron chi connectivity index (χ1n) is 18.5. The van der Waals surface area contributed by atoms with Crippen LogP contribution in [0, 0.1) is 17.2 Å². The highest BCUT2D eigenvalue weighted by atomic mass is 35.5. The topological polar surface area (TPSA) is 144 Å². The number of carbonyl (C=O) groups excluding carboxylic acids is 3. The van der Waals surface area contributed by atoms with E-state index in [9.17, 15) is 14.4 Å². The van der Waals surface area contributed by atoms with Gasteiger partial charge in [0, 0.05) is 70.0 Å². The number of halogens is 1. The summed E-state index contributed by atoms with van der Waals surface area (Å²) in [5.74, 6) is 1.27. The van der Waals surface area contributed by atoms with Crippen LogP contribution in [0.2, 0.25) is 5.02 Å². The van der Waals surface area contributed by atoms with Gasteiger partial charge in [-0.15, -0.1) is 10.2 Å². The molecule has 1 saturated carbocycles. The molecule has 1 atom stereocenters. The number of aromatic nitrogens is 2. The highest BCUT2D eigenvalue weighted by molar-refractivity contribution is 6.31. The Kier molecular flexibility index (Phi) is 11.2. The molecule has 13 heteroatoms. The van der Waals surface area contributed by atoms with Crippen LogP contribution in [0.25, 0.3) is 0 Å². The summed E-state index contributed by atoms with van der Waals surface area (Å²) in [6, 6.07) is 19.2. The number of benzene rings is 2. The van der Waals surface area contributed by atoms with E-state index in [-0.39, 0.29) is 35.8 Å². The largest absolute Gasteiger partial charge is 0.490 e. The number of anilines is 2. The van der Waals surface area contributed by atoms with Crippen LogP contribution in [0.15, 0.2) is 54.6 Å². The molecule has 0 spiro atoms. The number of piperazine rings is 1. The molecule has 3 aromatic rings. The van der Waals surface area contributed by atoms with Crippen molar-refractivity contribution in [2.45, 2.75) is 69.4 Å². The van der Waals surface area contributed by atoms with Crippen LogP contribution in [0.1, 0.15) is 78.9 Å². The predicted octanol–water partition coefficient (Wildman–Crippen LogP) is 4.68. The molecule has 3 saturated heterocycles. The second-order valence-electron chi connectivity index (χ2n) is 14.4. The van der Waals surface area contributed by atoms with Crippen LogP contribution in [0.3, 0.4) is 0 Å². The SMILES string of the molecule is N#Cc1ccc(OC2CCC(NC(=O)c3ccc(N4CCC(CN5CCN(c6ccc(C7CCC(=O)NC7=O)cc6)CC5)CC4)nn3)CC2)cc1Cl. The fourth-order valence-electron chi connectivity index (χ4n) is 7.88. The molecule has 2 N–H and O–H groups in total. The third-order valence-electron chi connectivity index (χ3n) is 11.0. The lowest BCUT2D eigenvalue weighted by Crippen LogP contribution is -2.49. The molecule has 4 aliphatic rings. The van der Waals surface area contributed by atoms with E-state index in [0.29, 0.717) is 40.8 Å². The molecular formula is C39H45ClN8O4. The molecule has 0 bridgehead atoms. The number of imide groups is 1. The number of nitrogens with zero attached hydrogens (tertiary/aromatic N) is 6. The third kappa shape index (κ3) is 8.65. The van der Waals surface area contributed by atoms with E-state index in [4.69, 9.17) is 21.6 Å². The van der Waals surface area contributed by atoms with Crippen molar-refractivity contribution in [3.8, 4) is 11.8 Å². The Balaban J connectivity index is 0.799. The number of ether oxygens (including phenoxy) is 1. The zero-order valence-electron chi connectivity index (χ0n) is 29.3. The number of rotatable bonds is 9. The van der Waals surface area contributed by atoms with Crippen LogP contribution in [-0.4, -0.2) is 90.8 Å². The number of nitrogens with one attached hydrogen (secondary N) is 2. The normalized spacial score (nSPS) is 23.1. The maximum Gasteiger partial charge on any atom is 0.272 e. The van der Waals surface area contributed by atoms with Gasteiger partial charge in [0.15, 0.2) is 11.5 Å². The number of nitriles is 1. The summed E-state index contributed by atoms with van der Waals surface area (Å²) in [6.07, 6.45) is 6.41. The van der Waals surface area contributed by atoms with Crippen molar-refractivity contribution in [2.75, 3.05) is 55.6 Å². The number of carbonyl (C=O) groups is 3. The molecule has 1 aliphatic carbocycles. The number of amides is 3. The van der Waals surface area contributed by atoms with E-state index in [1.807, 2.05) is 18.2 Å². The van der Waals surface area contributed by atoms with Crippen molar-refractivity contribution < 1.29 is 19.1 Å². The lowest BCUT2D eigenvalue weighted by molar-refractivity contribution is -0.134. The summed E-state index contributed by atoms with van der Waals surface area (Å²) in [6.45, 7) is 6.92. The fraction of sp³-hybridized carbons (Fsp3) is 0.487. The molecule has 3 aliphatic heterocycles. The molecule has 7 rings (SSSR count). The minimum absolute atomic E-state index is 0.0376. The van der Waals surface area contributed by atoms with Crippen molar-refractivity contribution >= 4 is 40.8 Å². The van der Waals surface area contributed by atoms with Crippen molar-refractivity contribution in [2.24, 2.45) is 5.92 Å². The molecular weight excluding hydrogens is 680 g/mol. The third-order valence-corrected chi connectivity index (χ3v) is 11.3. The van der Waals surface area contributed by atoms with Gasteiger partial charge in [-0.1, -0.05) is 23.7 Å². The van der Waals surface area contributed by atoms with Gasteiger partial charge in [0.05, 0.1) is 22.6 Å². The molecule has 0 radical (unpaired) electrons. The summed E-state index contributed by atoms with van der Waals surface area (Å²) >= 11 is 6.14. The molecule has 272 valence electrons. The van der Waals surface area contributed by atoms with Gasteiger partial charge in [-0.2, -0.15) is 5.26 Å². The first-order valence-corrected chi connectivity index (χ1v) is 18.9. The average Bonchev–Trinajstić information content (AvgIpc) is 3.16. The Morgan fingerprint density at radius 3 is 2.29 bits per heavy atom. The van der Waals surface area contributed by atoms with Gasteiger partial charge < -0.3 is 19.9 Å².